The molecule has 7 nitrogen and oxygen atoms in total. The van der Waals surface area contributed by atoms with Crippen molar-refractivity contribution in [3.8, 4) is 5.75 Å². The third kappa shape index (κ3) is 7.37. The smallest absolute Gasteiger partial charge is 0.253 e. The number of methoxy groups -OCH3 is 1. The van der Waals surface area contributed by atoms with Crippen LogP contribution in [0.25, 0.3) is 0 Å². The van der Waals surface area contributed by atoms with E-state index in [1.807, 2.05) is 56.4 Å². The number of nitrogens with one attached hydrogen (secondary N) is 2. The molecule has 1 aliphatic heterocycles. The van der Waals surface area contributed by atoms with Crippen LogP contribution in [0, 0.1) is 0 Å². The zero-order valence-corrected chi connectivity index (χ0v) is 21.3. The maximum atomic E-state index is 12.3. The number of benzene rings is 2. The van der Waals surface area contributed by atoms with Gasteiger partial charge in [0.15, 0.2) is 5.96 Å². The van der Waals surface area contributed by atoms with Crippen LogP contribution in [0.2, 0.25) is 0 Å². The van der Waals surface area contributed by atoms with Gasteiger partial charge in [0.2, 0.25) is 0 Å². The van der Waals surface area contributed by atoms with Crippen molar-refractivity contribution in [1.29, 1.82) is 0 Å². The Morgan fingerprint density at radius 3 is 2.78 bits per heavy atom. The molecule has 1 fully saturated rings. The maximum Gasteiger partial charge on any atom is 0.253 e. The molecule has 3 rings (SSSR count). The van der Waals surface area contributed by atoms with Crippen molar-refractivity contribution in [2.75, 3.05) is 32.6 Å². The Morgan fingerprint density at radius 2 is 2.06 bits per heavy atom. The third-order valence-corrected chi connectivity index (χ3v) is 5.12. The summed E-state index contributed by atoms with van der Waals surface area (Å²) in [6.07, 6.45) is 1.37. The van der Waals surface area contributed by atoms with Gasteiger partial charge in [-0.25, -0.2) is 4.99 Å². The van der Waals surface area contributed by atoms with Crippen molar-refractivity contribution in [3.63, 3.8) is 0 Å². The average Bonchev–Trinajstić information content (AvgIpc) is 3.32. The zero-order chi connectivity index (χ0) is 22.1. The Balaban J connectivity index is 0.00000363. The van der Waals surface area contributed by atoms with Gasteiger partial charge in [0.05, 0.1) is 13.7 Å². The number of amides is 1. The van der Waals surface area contributed by atoms with E-state index in [0.29, 0.717) is 19.7 Å². The lowest BCUT2D eigenvalue weighted by molar-refractivity contribution is -0.124. The van der Waals surface area contributed by atoms with E-state index in [9.17, 15) is 4.79 Å². The topological polar surface area (TPSA) is 75.2 Å². The lowest BCUT2D eigenvalue weighted by Gasteiger charge is -2.23. The van der Waals surface area contributed by atoms with Crippen LogP contribution in [-0.2, 0) is 22.6 Å². The number of ether oxygens (including phenoxy) is 2. The fourth-order valence-electron chi connectivity index (χ4n) is 3.55. The van der Waals surface area contributed by atoms with E-state index >= 15 is 0 Å². The van der Waals surface area contributed by atoms with Crippen LogP contribution >= 0.6 is 24.0 Å². The van der Waals surface area contributed by atoms with Gasteiger partial charge in [-0.15, -0.1) is 24.0 Å². The second kappa shape index (κ2) is 13.3. The van der Waals surface area contributed by atoms with Crippen molar-refractivity contribution in [2.45, 2.75) is 39.0 Å². The summed E-state index contributed by atoms with van der Waals surface area (Å²) in [5.41, 5.74) is 2.88. The summed E-state index contributed by atoms with van der Waals surface area (Å²) < 4.78 is 10.9. The van der Waals surface area contributed by atoms with Crippen molar-refractivity contribution in [3.05, 3.63) is 59.7 Å². The molecule has 0 aliphatic carbocycles. The van der Waals surface area contributed by atoms with Gasteiger partial charge in [-0.3, -0.25) is 4.79 Å². The van der Waals surface area contributed by atoms with Crippen molar-refractivity contribution < 1.29 is 14.3 Å². The molecular weight excluding hydrogens is 519 g/mol. The van der Waals surface area contributed by atoms with E-state index in [1.165, 1.54) is 0 Å². The average molecular weight is 552 g/mol. The van der Waals surface area contributed by atoms with Crippen LogP contribution < -0.4 is 15.4 Å². The third-order valence-electron chi connectivity index (χ3n) is 5.12. The summed E-state index contributed by atoms with van der Waals surface area (Å²) in [6.45, 7) is 4.65. The first-order valence-electron chi connectivity index (χ1n) is 10.7. The first kappa shape index (κ1) is 25.9. The van der Waals surface area contributed by atoms with Crippen LogP contribution in [0.5, 0.6) is 5.75 Å². The molecule has 1 unspecified atom stereocenters. The van der Waals surface area contributed by atoms with Gasteiger partial charge >= 0.3 is 0 Å². The predicted octanol–water partition coefficient (Wildman–Crippen LogP) is 4.03. The number of para-hydroxylation sites is 1. The predicted molar refractivity (Wildman–Crippen MR) is 139 cm³/mol. The minimum atomic E-state index is -0.342. The van der Waals surface area contributed by atoms with Crippen LogP contribution in [0.1, 0.15) is 30.9 Å². The summed E-state index contributed by atoms with van der Waals surface area (Å²) >= 11 is 0. The largest absolute Gasteiger partial charge is 0.496 e. The molecule has 8 heteroatoms. The molecule has 1 aliphatic rings. The fraction of sp³-hybridized carbons (Fsp3) is 0.417. The number of halogens is 1. The molecular formula is C24H33IN4O3. The second-order valence-electron chi connectivity index (χ2n) is 7.53. The minimum absolute atomic E-state index is 0. The Bertz CT molecular complexity index is 900. The highest BCUT2D eigenvalue weighted by Gasteiger charge is 2.23. The quantitative estimate of drug-likeness (QED) is 0.294. The van der Waals surface area contributed by atoms with E-state index in [4.69, 9.17) is 14.5 Å². The van der Waals surface area contributed by atoms with Gasteiger partial charge in [-0.05, 0) is 43.5 Å². The molecule has 2 aromatic rings. The Labute approximate surface area is 207 Å². The van der Waals surface area contributed by atoms with E-state index in [0.717, 1.165) is 47.9 Å². The van der Waals surface area contributed by atoms with E-state index < -0.39 is 0 Å². The standard InChI is InChI=1S/C24H32N4O3.HI/c1-4-25-24(28(2)17-19-10-5-6-12-21(19)30-3)26-16-18-9-7-11-20(15-18)27-23(29)22-13-8-14-31-22;/h5-7,9-12,15,22H,4,8,13-14,16-17H2,1-3H3,(H,25,26)(H,27,29);1H. The highest BCUT2D eigenvalue weighted by molar-refractivity contribution is 14.0. The molecule has 1 atom stereocenters. The number of guanidine groups is 1. The van der Waals surface area contributed by atoms with E-state index in [2.05, 4.69) is 21.6 Å². The van der Waals surface area contributed by atoms with Gasteiger partial charge < -0.3 is 25.0 Å². The second-order valence-corrected chi connectivity index (χ2v) is 7.53. The first-order valence-corrected chi connectivity index (χ1v) is 10.7. The number of nitrogens with zero attached hydrogens (tertiary/aromatic N) is 2. The summed E-state index contributed by atoms with van der Waals surface area (Å²) in [6, 6.07) is 15.8. The lowest BCUT2D eigenvalue weighted by atomic mass is 10.2. The lowest BCUT2D eigenvalue weighted by Crippen LogP contribution is -2.38. The van der Waals surface area contributed by atoms with Gasteiger partial charge in [-0.2, -0.15) is 0 Å². The number of hydrogen-bond donors (Lipinski definition) is 2. The molecule has 1 heterocycles. The van der Waals surface area contributed by atoms with Gasteiger partial charge in [0, 0.05) is 38.0 Å². The summed E-state index contributed by atoms with van der Waals surface area (Å²) in [5.74, 6) is 1.59. The van der Waals surface area contributed by atoms with Crippen LogP contribution in [0.4, 0.5) is 5.69 Å². The number of carbonyl (C=O) groups is 1. The van der Waals surface area contributed by atoms with Crippen LogP contribution in [0.15, 0.2) is 53.5 Å². The normalized spacial score (nSPS) is 15.6. The van der Waals surface area contributed by atoms with Gasteiger partial charge in [0.1, 0.15) is 11.9 Å². The van der Waals surface area contributed by atoms with Crippen molar-refractivity contribution >= 4 is 41.5 Å². The van der Waals surface area contributed by atoms with Gasteiger partial charge in [0.25, 0.3) is 5.91 Å². The number of hydrogen-bond acceptors (Lipinski definition) is 4. The van der Waals surface area contributed by atoms with Gasteiger partial charge in [-0.1, -0.05) is 30.3 Å². The van der Waals surface area contributed by atoms with Crippen LogP contribution in [-0.4, -0.2) is 50.2 Å². The maximum absolute atomic E-state index is 12.3. The van der Waals surface area contributed by atoms with Crippen LogP contribution in [0.3, 0.4) is 0 Å². The molecule has 0 aromatic heterocycles. The van der Waals surface area contributed by atoms with Crippen molar-refractivity contribution in [2.24, 2.45) is 4.99 Å². The Kier molecular flexibility index (Phi) is 10.8. The molecule has 174 valence electrons. The Hall–Kier alpha value is -2.33. The monoisotopic (exact) mass is 552 g/mol. The molecule has 0 radical (unpaired) electrons. The fourth-order valence-corrected chi connectivity index (χ4v) is 3.55. The molecule has 0 spiro atoms. The van der Waals surface area contributed by atoms with E-state index in [-0.39, 0.29) is 36.0 Å². The molecule has 32 heavy (non-hydrogen) atoms. The SMILES string of the molecule is CCNC(=NCc1cccc(NC(=O)C2CCCO2)c1)N(C)Cc1ccccc1OC.I. The summed E-state index contributed by atoms with van der Waals surface area (Å²) in [5, 5.41) is 6.30. The highest BCUT2D eigenvalue weighted by Crippen LogP contribution is 2.19. The van der Waals surface area contributed by atoms with Crippen molar-refractivity contribution in [1.82, 2.24) is 10.2 Å². The molecule has 2 aromatic carbocycles. The highest BCUT2D eigenvalue weighted by atomic mass is 127. The number of aliphatic imine (C=N–C) groups is 1. The molecule has 0 bridgehead atoms. The minimum Gasteiger partial charge on any atom is -0.496 e. The molecule has 1 saturated heterocycles. The molecule has 1 amide bonds. The summed E-state index contributed by atoms with van der Waals surface area (Å²) in [7, 11) is 3.69. The molecule has 2 N–H and O–H groups in total. The summed E-state index contributed by atoms with van der Waals surface area (Å²) in [4.78, 5) is 19.2. The number of anilines is 1. The first-order chi connectivity index (χ1) is 15.1. The Morgan fingerprint density at radius 1 is 1.25 bits per heavy atom. The zero-order valence-electron chi connectivity index (χ0n) is 19.0. The number of rotatable bonds is 8. The van der Waals surface area contributed by atoms with E-state index in [1.54, 1.807) is 7.11 Å². The number of carbonyl (C=O) groups excluding carboxylic acids is 1. The molecule has 0 saturated carbocycles.